The Labute approximate surface area is 119 Å². The van der Waals surface area contributed by atoms with Gasteiger partial charge >= 0.3 is 0 Å². The second kappa shape index (κ2) is 4.90. The highest BCUT2D eigenvalue weighted by Crippen LogP contribution is 2.38. The summed E-state index contributed by atoms with van der Waals surface area (Å²) in [5.74, 6) is 0. The molecule has 1 fully saturated rings. The number of aromatic nitrogens is 1. The molecular weight excluding hydrogens is 248 g/mol. The standard InChI is InChI=1S/C17H22N2O/c1-12-5-6-15-14(11-12)13-3-2-4-16(17(13)18-15)19-7-9-20-10-8-19/h5-6,11,16,18H,2-4,7-10H2,1H3. The van der Waals surface area contributed by atoms with Crippen LogP contribution in [0.4, 0.5) is 0 Å². The average molecular weight is 270 g/mol. The van der Waals surface area contributed by atoms with Crippen molar-refractivity contribution in [3.05, 3.63) is 35.0 Å². The van der Waals surface area contributed by atoms with E-state index in [1.165, 1.54) is 41.4 Å². The van der Waals surface area contributed by atoms with Gasteiger partial charge in [-0.3, -0.25) is 4.90 Å². The number of morpholine rings is 1. The van der Waals surface area contributed by atoms with Crippen LogP contribution in [-0.2, 0) is 11.2 Å². The van der Waals surface area contributed by atoms with Crippen LogP contribution in [0.25, 0.3) is 10.9 Å². The molecule has 3 heteroatoms. The van der Waals surface area contributed by atoms with E-state index in [0.717, 1.165) is 26.3 Å². The Balaban J connectivity index is 1.78. The molecule has 1 saturated heterocycles. The van der Waals surface area contributed by atoms with Crippen molar-refractivity contribution in [3.63, 3.8) is 0 Å². The monoisotopic (exact) mass is 270 g/mol. The van der Waals surface area contributed by atoms with E-state index in [-0.39, 0.29) is 0 Å². The van der Waals surface area contributed by atoms with Crippen LogP contribution < -0.4 is 0 Å². The lowest BCUT2D eigenvalue weighted by Gasteiger charge is -2.36. The Kier molecular flexibility index (Phi) is 3.04. The maximum atomic E-state index is 5.50. The number of rotatable bonds is 1. The highest BCUT2D eigenvalue weighted by molar-refractivity contribution is 5.85. The van der Waals surface area contributed by atoms with Gasteiger partial charge in [0.25, 0.3) is 0 Å². The second-order valence-electron chi connectivity index (χ2n) is 6.12. The Morgan fingerprint density at radius 3 is 2.95 bits per heavy atom. The Morgan fingerprint density at radius 1 is 1.25 bits per heavy atom. The fourth-order valence-corrected chi connectivity index (χ4v) is 3.81. The summed E-state index contributed by atoms with van der Waals surface area (Å²) in [4.78, 5) is 6.31. The largest absolute Gasteiger partial charge is 0.379 e. The third kappa shape index (κ3) is 1.97. The molecule has 2 heterocycles. The molecule has 1 aromatic heterocycles. The minimum absolute atomic E-state index is 0.565. The molecule has 0 bridgehead atoms. The van der Waals surface area contributed by atoms with Crippen molar-refractivity contribution in [1.29, 1.82) is 0 Å². The summed E-state index contributed by atoms with van der Waals surface area (Å²) >= 11 is 0. The van der Waals surface area contributed by atoms with Gasteiger partial charge in [-0.2, -0.15) is 0 Å². The van der Waals surface area contributed by atoms with Gasteiger partial charge in [0.2, 0.25) is 0 Å². The molecule has 0 saturated carbocycles. The molecule has 1 aromatic carbocycles. The zero-order chi connectivity index (χ0) is 13.5. The summed E-state index contributed by atoms with van der Waals surface area (Å²) in [6.45, 7) is 6.08. The first kappa shape index (κ1) is 12.4. The number of ether oxygens (including phenoxy) is 1. The molecule has 1 N–H and O–H groups in total. The second-order valence-corrected chi connectivity index (χ2v) is 6.12. The molecule has 1 unspecified atom stereocenters. The first-order valence-corrected chi connectivity index (χ1v) is 7.76. The van der Waals surface area contributed by atoms with Gasteiger partial charge in [-0.1, -0.05) is 11.6 Å². The fraction of sp³-hybridized carbons (Fsp3) is 0.529. The van der Waals surface area contributed by atoms with Gasteiger partial charge in [0.15, 0.2) is 0 Å². The number of H-pyrrole nitrogens is 1. The van der Waals surface area contributed by atoms with Crippen molar-refractivity contribution in [2.45, 2.75) is 32.2 Å². The minimum atomic E-state index is 0.565. The molecule has 106 valence electrons. The van der Waals surface area contributed by atoms with E-state index in [2.05, 4.69) is 35.0 Å². The van der Waals surface area contributed by atoms with Crippen LogP contribution in [0.1, 0.15) is 35.7 Å². The lowest BCUT2D eigenvalue weighted by Crippen LogP contribution is -2.40. The SMILES string of the molecule is Cc1ccc2[nH]c3c(c2c1)CCCC3N1CCOCC1. The van der Waals surface area contributed by atoms with Gasteiger partial charge in [-0.05, 0) is 43.9 Å². The maximum absolute atomic E-state index is 5.50. The molecule has 0 spiro atoms. The van der Waals surface area contributed by atoms with E-state index in [9.17, 15) is 0 Å². The Bertz CT molecular complexity index is 625. The van der Waals surface area contributed by atoms with Crippen molar-refractivity contribution in [2.24, 2.45) is 0 Å². The van der Waals surface area contributed by atoms with Crippen molar-refractivity contribution in [1.82, 2.24) is 9.88 Å². The molecule has 2 aromatic rings. The summed E-state index contributed by atoms with van der Waals surface area (Å²) in [5.41, 5.74) is 5.69. The molecule has 1 aliphatic carbocycles. The van der Waals surface area contributed by atoms with Crippen molar-refractivity contribution < 1.29 is 4.74 Å². The average Bonchev–Trinajstić information content (AvgIpc) is 2.86. The lowest BCUT2D eigenvalue weighted by atomic mass is 9.90. The number of aryl methyl sites for hydroxylation is 2. The third-order valence-corrected chi connectivity index (χ3v) is 4.82. The van der Waals surface area contributed by atoms with Crippen LogP contribution in [0.15, 0.2) is 18.2 Å². The summed E-state index contributed by atoms with van der Waals surface area (Å²) < 4.78 is 5.50. The topological polar surface area (TPSA) is 28.3 Å². The van der Waals surface area contributed by atoms with E-state index in [1.54, 1.807) is 5.56 Å². The number of hydrogen-bond donors (Lipinski definition) is 1. The van der Waals surface area contributed by atoms with Crippen LogP contribution in [0.3, 0.4) is 0 Å². The summed E-state index contributed by atoms with van der Waals surface area (Å²) in [6, 6.07) is 7.34. The smallest absolute Gasteiger partial charge is 0.0594 e. The van der Waals surface area contributed by atoms with Crippen LogP contribution in [-0.4, -0.2) is 36.2 Å². The van der Waals surface area contributed by atoms with Crippen LogP contribution in [0.2, 0.25) is 0 Å². The van der Waals surface area contributed by atoms with Crippen LogP contribution >= 0.6 is 0 Å². The van der Waals surface area contributed by atoms with Crippen LogP contribution in [0.5, 0.6) is 0 Å². The zero-order valence-corrected chi connectivity index (χ0v) is 12.1. The molecule has 20 heavy (non-hydrogen) atoms. The van der Waals surface area contributed by atoms with E-state index >= 15 is 0 Å². The van der Waals surface area contributed by atoms with E-state index < -0.39 is 0 Å². The van der Waals surface area contributed by atoms with Gasteiger partial charge in [-0.25, -0.2) is 0 Å². The first-order valence-electron chi connectivity index (χ1n) is 7.76. The van der Waals surface area contributed by atoms with Gasteiger partial charge in [-0.15, -0.1) is 0 Å². The van der Waals surface area contributed by atoms with Gasteiger partial charge in [0.05, 0.1) is 19.3 Å². The lowest BCUT2D eigenvalue weighted by molar-refractivity contribution is 0.0116. The quantitative estimate of drug-likeness (QED) is 0.862. The molecular formula is C17H22N2O. The number of aromatic amines is 1. The predicted octanol–water partition coefficient (Wildman–Crippen LogP) is 3.19. The molecule has 1 aliphatic heterocycles. The molecule has 4 rings (SSSR count). The molecule has 2 aliphatic rings. The minimum Gasteiger partial charge on any atom is -0.379 e. The third-order valence-electron chi connectivity index (χ3n) is 4.82. The van der Waals surface area contributed by atoms with Gasteiger partial charge < -0.3 is 9.72 Å². The predicted molar refractivity (Wildman–Crippen MR) is 81.1 cm³/mol. The highest BCUT2D eigenvalue weighted by atomic mass is 16.5. The molecule has 0 radical (unpaired) electrons. The summed E-state index contributed by atoms with van der Waals surface area (Å²) in [5, 5.41) is 1.44. The van der Waals surface area contributed by atoms with Crippen LogP contribution in [0, 0.1) is 6.92 Å². The van der Waals surface area contributed by atoms with E-state index in [4.69, 9.17) is 4.74 Å². The molecule has 0 amide bonds. The molecule has 1 atom stereocenters. The number of nitrogens with one attached hydrogen (secondary N) is 1. The highest BCUT2D eigenvalue weighted by Gasteiger charge is 2.29. The van der Waals surface area contributed by atoms with E-state index in [0.29, 0.717) is 6.04 Å². The van der Waals surface area contributed by atoms with E-state index in [1.807, 2.05) is 0 Å². The summed E-state index contributed by atoms with van der Waals surface area (Å²) in [6.07, 6.45) is 3.80. The van der Waals surface area contributed by atoms with Crippen molar-refractivity contribution in [2.75, 3.05) is 26.3 Å². The van der Waals surface area contributed by atoms with Crippen molar-refractivity contribution >= 4 is 10.9 Å². The van der Waals surface area contributed by atoms with Gasteiger partial charge in [0.1, 0.15) is 0 Å². The summed E-state index contributed by atoms with van der Waals surface area (Å²) in [7, 11) is 0. The van der Waals surface area contributed by atoms with Crippen molar-refractivity contribution in [3.8, 4) is 0 Å². The number of hydrogen-bond acceptors (Lipinski definition) is 2. The Hall–Kier alpha value is -1.32. The number of nitrogens with zero attached hydrogens (tertiary/aromatic N) is 1. The number of benzene rings is 1. The number of fused-ring (bicyclic) bond motifs is 3. The maximum Gasteiger partial charge on any atom is 0.0594 e. The molecule has 3 nitrogen and oxygen atoms in total. The first-order chi connectivity index (χ1) is 9.83. The fourth-order valence-electron chi connectivity index (χ4n) is 3.81. The zero-order valence-electron chi connectivity index (χ0n) is 12.1. The normalized spacial score (nSPS) is 23.9. The van der Waals surface area contributed by atoms with Gasteiger partial charge in [0, 0.05) is 29.7 Å². The Morgan fingerprint density at radius 2 is 2.10 bits per heavy atom.